The molecule has 2 aromatic carbocycles. The van der Waals surface area contributed by atoms with E-state index in [1.807, 2.05) is 58.0 Å². The van der Waals surface area contributed by atoms with Crippen molar-refractivity contribution in [3.8, 4) is 0 Å². The SMILES string of the molecule is CCC(C)C(NC(=O)OCc1ccccc1)C(=O)N[C@@]1(C(=O)NC(c2nc(C(N)=O)no2)C(C)CC)CCc2[nH]c3c(Cl)cc(Cl)cc3c2C1. The van der Waals surface area contributed by atoms with Crippen molar-refractivity contribution in [3.05, 3.63) is 81.0 Å². The Kier molecular flexibility index (Phi) is 11.4. The van der Waals surface area contributed by atoms with Gasteiger partial charge in [-0.25, -0.2) is 4.79 Å². The number of halogens is 2. The molecule has 5 rings (SSSR count). The molecule has 1 aliphatic carbocycles. The number of benzene rings is 2. The largest absolute Gasteiger partial charge is 0.445 e. The standard InChI is InChI=1S/C35H41Cl2N7O6/c1-5-18(3)26(41-34(48)49-17-20-10-8-7-9-11-20)31(46)43-35(13-12-25-23(16-35)22-14-21(36)15-24(37)28(22)39-25)33(47)40-27(19(4)6-2)32-42-30(29(38)45)44-50-32/h7-11,14-15,18-19,26-27,39H,5-6,12-13,16-17H2,1-4H3,(H2,38,45)(H,40,47)(H,41,48)(H,43,46)/t18?,19?,26?,27?,35-/m0/s1. The van der Waals surface area contributed by atoms with Gasteiger partial charge in [0.2, 0.25) is 17.7 Å². The second-order valence-corrected chi connectivity index (χ2v) is 13.7. The molecule has 0 bridgehead atoms. The van der Waals surface area contributed by atoms with Crippen LogP contribution in [0.5, 0.6) is 0 Å². The van der Waals surface area contributed by atoms with Gasteiger partial charge in [0.15, 0.2) is 0 Å². The zero-order valence-electron chi connectivity index (χ0n) is 28.3. The minimum Gasteiger partial charge on any atom is -0.445 e. The van der Waals surface area contributed by atoms with Crippen LogP contribution in [0.2, 0.25) is 10.0 Å². The molecule has 15 heteroatoms. The molecule has 0 radical (unpaired) electrons. The predicted octanol–water partition coefficient (Wildman–Crippen LogP) is 5.55. The van der Waals surface area contributed by atoms with Crippen molar-refractivity contribution >= 4 is 57.9 Å². The van der Waals surface area contributed by atoms with Crippen molar-refractivity contribution in [2.24, 2.45) is 17.6 Å². The van der Waals surface area contributed by atoms with E-state index in [1.54, 1.807) is 12.1 Å². The molecular weight excluding hydrogens is 685 g/mol. The highest BCUT2D eigenvalue weighted by Crippen LogP contribution is 2.39. The maximum atomic E-state index is 14.7. The molecule has 4 amide bonds. The first kappa shape index (κ1) is 36.7. The van der Waals surface area contributed by atoms with Crippen LogP contribution in [0.3, 0.4) is 0 Å². The van der Waals surface area contributed by atoms with E-state index in [-0.39, 0.29) is 43.0 Å². The second kappa shape index (κ2) is 15.5. The summed E-state index contributed by atoms with van der Waals surface area (Å²) in [5.74, 6) is -2.79. The number of aryl methyl sites for hydroxylation is 1. The third kappa shape index (κ3) is 7.89. The van der Waals surface area contributed by atoms with Crippen molar-refractivity contribution in [1.29, 1.82) is 0 Å². The number of nitrogens with two attached hydrogens (primary N) is 1. The second-order valence-electron chi connectivity index (χ2n) is 12.9. The number of amides is 4. The molecule has 50 heavy (non-hydrogen) atoms. The van der Waals surface area contributed by atoms with Gasteiger partial charge in [-0.2, -0.15) is 4.98 Å². The third-order valence-electron chi connectivity index (χ3n) is 9.51. The van der Waals surface area contributed by atoms with Crippen molar-refractivity contribution < 1.29 is 28.4 Å². The van der Waals surface area contributed by atoms with Gasteiger partial charge in [0, 0.05) is 22.5 Å². The molecule has 13 nitrogen and oxygen atoms in total. The number of nitrogens with one attached hydrogen (secondary N) is 4. The number of primary amides is 1. The maximum absolute atomic E-state index is 14.7. The fraction of sp³-hybridized carbons (Fsp3) is 0.429. The van der Waals surface area contributed by atoms with Crippen LogP contribution in [0, 0.1) is 11.8 Å². The number of alkyl carbamates (subject to hydrolysis) is 1. The summed E-state index contributed by atoms with van der Waals surface area (Å²) >= 11 is 12.9. The number of carbonyl (C=O) groups is 4. The van der Waals surface area contributed by atoms with Gasteiger partial charge >= 0.3 is 6.09 Å². The Bertz CT molecular complexity index is 1880. The Labute approximate surface area is 299 Å². The summed E-state index contributed by atoms with van der Waals surface area (Å²) in [7, 11) is 0. The smallest absolute Gasteiger partial charge is 0.408 e. The lowest BCUT2D eigenvalue weighted by atomic mass is 9.78. The topological polar surface area (TPSA) is 194 Å². The monoisotopic (exact) mass is 725 g/mol. The van der Waals surface area contributed by atoms with Crippen LogP contribution in [-0.4, -0.2) is 50.5 Å². The molecule has 266 valence electrons. The first-order valence-corrected chi connectivity index (χ1v) is 17.3. The van der Waals surface area contributed by atoms with Crippen molar-refractivity contribution in [1.82, 2.24) is 31.1 Å². The van der Waals surface area contributed by atoms with Crippen LogP contribution in [0.1, 0.15) is 86.3 Å². The van der Waals surface area contributed by atoms with Crippen molar-refractivity contribution in [2.75, 3.05) is 0 Å². The van der Waals surface area contributed by atoms with Crippen LogP contribution < -0.4 is 21.7 Å². The zero-order valence-corrected chi connectivity index (χ0v) is 29.8. The van der Waals surface area contributed by atoms with Crippen LogP contribution in [0.15, 0.2) is 47.0 Å². The third-order valence-corrected chi connectivity index (χ3v) is 10.0. The molecule has 4 unspecified atom stereocenters. The molecule has 0 saturated carbocycles. The van der Waals surface area contributed by atoms with E-state index in [2.05, 4.69) is 31.1 Å². The molecule has 2 aromatic heterocycles. The van der Waals surface area contributed by atoms with Gasteiger partial charge in [0.1, 0.15) is 24.2 Å². The van der Waals surface area contributed by atoms with E-state index in [4.69, 9.17) is 38.2 Å². The highest BCUT2D eigenvalue weighted by Gasteiger charge is 2.47. The molecule has 0 aliphatic heterocycles. The Morgan fingerprint density at radius 1 is 1.06 bits per heavy atom. The highest BCUT2D eigenvalue weighted by atomic mass is 35.5. The molecule has 6 N–H and O–H groups in total. The number of aromatic amines is 1. The number of rotatable bonds is 13. The molecule has 5 atom stereocenters. The van der Waals surface area contributed by atoms with Gasteiger partial charge in [0.05, 0.1) is 10.5 Å². The van der Waals surface area contributed by atoms with Gasteiger partial charge in [-0.3, -0.25) is 14.4 Å². The molecule has 0 spiro atoms. The molecule has 0 saturated heterocycles. The van der Waals surface area contributed by atoms with Gasteiger partial charge in [-0.15, -0.1) is 0 Å². The van der Waals surface area contributed by atoms with Gasteiger partial charge in [-0.1, -0.05) is 99.2 Å². The lowest BCUT2D eigenvalue weighted by Gasteiger charge is -2.39. The number of hydrogen-bond donors (Lipinski definition) is 5. The Morgan fingerprint density at radius 2 is 1.78 bits per heavy atom. The maximum Gasteiger partial charge on any atom is 0.408 e. The summed E-state index contributed by atoms with van der Waals surface area (Å²) < 4.78 is 10.8. The number of hydrogen-bond acceptors (Lipinski definition) is 8. The predicted molar refractivity (Wildman–Crippen MR) is 187 cm³/mol. The van der Waals surface area contributed by atoms with Crippen LogP contribution in [-0.2, 0) is 33.8 Å². The lowest BCUT2D eigenvalue weighted by Crippen LogP contribution is -2.65. The van der Waals surface area contributed by atoms with E-state index in [9.17, 15) is 19.2 Å². The van der Waals surface area contributed by atoms with Crippen LogP contribution in [0.4, 0.5) is 4.79 Å². The Hall–Kier alpha value is -4.62. The molecular formula is C35H41Cl2N7O6. The number of ether oxygens (including phenoxy) is 1. The number of fused-ring (bicyclic) bond motifs is 3. The van der Waals surface area contributed by atoms with E-state index in [0.717, 1.165) is 22.2 Å². The number of aromatic nitrogens is 3. The van der Waals surface area contributed by atoms with E-state index in [1.165, 1.54) is 0 Å². The minimum atomic E-state index is -1.51. The molecule has 2 heterocycles. The number of nitrogens with zero attached hydrogens (tertiary/aromatic N) is 2. The fourth-order valence-electron chi connectivity index (χ4n) is 6.16. The summed E-state index contributed by atoms with van der Waals surface area (Å²) in [6.07, 6.45) is 1.05. The summed E-state index contributed by atoms with van der Waals surface area (Å²) in [6.45, 7) is 7.57. The first-order valence-electron chi connectivity index (χ1n) is 16.6. The van der Waals surface area contributed by atoms with E-state index >= 15 is 0 Å². The Morgan fingerprint density at radius 3 is 2.44 bits per heavy atom. The normalized spacial score (nSPS) is 18.0. The quantitative estimate of drug-likeness (QED) is 0.118. The summed E-state index contributed by atoms with van der Waals surface area (Å²) in [6, 6.07) is 10.7. The molecule has 4 aromatic rings. The van der Waals surface area contributed by atoms with E-state index < -0.39 is 41.4 Å². The summed E-state index contributed by atoms with van der Waals surface area (Å²) in [5.41, 5.74) is 6.96. The number of carbonyl (C=O) groups excluding carboxylic acids is 4. The Balaban J connectivity index is 1.49. The average Bonchev–Trinajstić information content (AvgIpc) is 3.74. The zero-order chi connectivity index (χ0) is 36.2. The van der Waals surface area contributed by atoms with E-state index in [0.29, 0.717) is 34.8 Å². The molecule has 0 fully saturated rings. The van der Waals surface area contributed by atoms with Crippen molar-refractivity contribution in [3.63, 3.8) is 0 Å². The first-order chi connectivity index (χ1) is 23.8. The van der Waals surface area contributed by atoms with Crippen LogP contribution >= 0.6 is 23.2 Å². The van der Waals surface area contributed by atoms with Gasteiger partial charge in [-0.05, 0) is 47.9 Å². The summed E-state index contributed by atoms with van der Waals surface area (Å²) in [5, 5.41) is 14.0. The highest BCUT2D eigenvalue weighted by molar-refractivity contribution is 6.38. The minimum absolute atomic E-state index is 0.00504. The van der Waals surface area contributed by atoms with Gasteiger partial charge < -0.3 is 35.9 Å². The average molecular weight is 727 g/mol. The number of H-pyrrole nitrogens is 1. The summed E-state index contributed by atoms with van der Waals surface area (Å²) in [4.78, 5) is 61.2. The molecule has 1 aliphatic rings. The fourth-order valence-corrected chi connectivity index (χ4v) is 6.70. The van der Waals surface area contributed by atoms with Gasteiger partial charge in [0.25, 0.3) is 11.7 Å². The lowest BCUT2D eigenvalue weighted by molar-refractivity contribution is -0.136. The van der Waals surface area contributed by atoms with Crippen molar-refractivity contribution in [2.45, 2.75) is 84.0 Å². The van der Waals surface area contributed by atoms with Crippen LogP contribution in [0.25, 0.3) is 10.9 Å².